The highest BCUT2D eigenvalue weighted by atomic mass is 79.9. The normalized spacial score (nSPS) is 47.5. The molecule has 0 saturated carbocycles. The van der Waals surface area contributed by atoms with Gasteiger partial charge in [0, 0.05) is 17.3 Å². The Kier molecular flexibility index (Phi) is 2.45. The maximum Gasteiger partial charge on any atom is 0.0668 e. The summed E-state index contributed by atoms with van der Waals surface area (Å²) in [5.74, 6) is 0. The first-order valence-electron chi connectivity index (χ1n) is 4.69. The van der Waals surface area contributed by atoms with Crippen LogP contribution in [0, 0.1) is 5.41 Å². The van der Waals surface area contributed by atoms with Crippen molar-refractivity contribution in [1.29, 1.82) is 0 Å². The third kappa shape index (κ3) is 1.32. The van der Waals surface area contributed by atoms with Gasteiger partial charge in [0.15, 0.2) is 0 Å². The van der Waals surface area contributed by atoms with Gasteiger partial charge in [-0.05, 0) is 26.3 Å². The Morgan fingerprint density at radius 2 is 2.50 bits per heavy atom. The van der Waals surface area contributed by atoms with Gasteiger partial charge in [-0.3, -0.25) is 0 Å². The van der Waals surface area contributed by atoms with Gasteiger partial charge in [-0.1, -0.05) is 15.9 Å². The number of halogens is 1. The van der Waals surface area contributed by atoms with E-state index in [1.165, 1.54) is 12.8 Å². The van der Waals surface area contributed by atoms with Crippen LogP contribution in [0.2, 0.25) is 0 Å². The van der Waals surface area contributed by atoms with Gasteiger partial charge in [-0.15, -0.1) is 0 Å². The van der Waals surface area contributed by atoms with Crippen molar-refractivity contribution in [2.75, 3.05) is 18.4 Å². The lowest BCUT2D eigenvalue weighted by Crippen LogP contribution is -2.48. The molecule has 2 aliphatic heterocycles. The summed E-state index contributed by atoms with van der Waals surface area (Å²) >= 11 is 3.62. The lowest BCUT2D eigenvalue weighted by molar-refractivity contribution is 0.00811. The molecule has 12 heavy (non-hydrogen) atoms. The van der Waals surface area contributed by atoms with Crippen LogP contribution in [0.1, 0.15) is 19.8 Å². The summed E-state index contributed by atoms with van der Waals surface area (Å²) in [4.78, 5) is 0. The Balaban J connectivity index is 2.14. The molecule has 70 valence electrons. The molecule has 1 N–H and O–H groups in total. The SMILES string of the molecule is C[C@@H]1C[C@]2(CBr)CNCC[C@H]2O1. The van der Waals surface area contributed by atoms with Crippen molar-refractivity contribution in [2.24, 2.45) is 5.41 Å². The smallest absolute Gasteiger partial charge is 0.0668 e. The summed E-state index contributed by atoms with van der Waals surface area (Å²) in [5, 5.41) is 4.53. The van der Waals surface area contributed by atoms with E-state index < -0.39 is 0 Å². The van der Waals surface area contributed by atoms with Crippen molar-refractivity contribution in [2.45, 2.75) is 32.0 Å². The first-order chi connectivity index (χ1) is 5.77. The van der Waals surface area contributed by atoms with E-state index >= 15 is 0 Å². The summed E-state index contributed by atoms with van der Waals surface area (Å²) < 4.78 is 5.89. The van der Waals surface area contributed by atoms with Crippen LogP contribution in [0.15, 0.2) is 0 Å². The van der Waals surface area contributed by atoms with Gasteiger partial charge in [0.25, 0.3) is 0 Å². The minimum Gasteiger partial charge on any atom is -0.375 e. The van der Waals surface area contributed by atoms with Gasteiger partial charge in [0.05, 0.1) is 12.2 Å². The summed E-state index contributed by atoms with van der Waals surface area (Å²) in [5.41, 5.74) is 0.387. The molecule has 2 saturated heterocycles. The molecule has 2 fully saturated rings. The maximum atomic E-state index is 5.89. The van der Waals surface area contributed by atoms with Gasteiger partial charge < -0.3 is 10.1 Å². The number of rotatable bonds is 1. The third-order valence-electron chi connectivity index (χ3n) is 3.10. The monoisotopic (exact) mass is 233 g/mol. The molecule has 2 rings (SSSR count). The zero-order chi connectivity index (χ0) is 8.60. The molecule has 0 spiro atoms. The van der Waals surface area contributed by atoms with Crippen LogP contribution in [0.5, 0.6) is 0 Å². The highest BCUT2D eigenvalue weighted by molar-refractivity contribution is 9.09. The van der Waals surface area contributed by atoms with Crippen LogP contribution in [-0.4, -0.2) is 30.6 Å². The fourth-order valence-electron chi connectivity index (χ4n) is 2.50. The van der Waals surface area contributed by atoms with Crippen LogP contribution < -0.4 is 5.32 Å². The Labute approximate surface area is 82.2 Å². The number of alkyl halides is 1. The molecule has 3 heteroatoms. The summed E-state index contributed by atoms with van der Waals surface area (Å²) in [6, 6.07) is 0. The standard InChI is InChI=1S/C9H16BrNO/c1-7-4-9(5-10)6-11-3-2-8(9)12-7/h7-8,11H,2-6H2,1H3/t7-,8-,9+/m1/s1. The molecule has 2 nitrogen and oxygen atoms in total. The van der Waals surface area contributed by atoms with Gasteiger partial charge in [-0.25, -0.2) is 0 Å². The molecule has 0 aromatic carbocycles. The number of ether oxygens (including phenoxy) is 1. The van der Waals surface area contributed by atoms with Gasteiger partial charge in [0.2, 0.25) is 0 Å². The van der Waals surface area contributed by atoms with Crippen LogP contribution in [-0.2, 0) is 4.74 Å². The van der Waals surface area contributed by atoms with E-state index in [9.17, 15) is 0 Å². The second kappa shape index (κ2) is 3.28. The van der Waals surface area contributed by atoms with Crippen molar-refractivity contribution in [1.82, 2.24) is 5.32 Å². The summed E-state index contributed by atoms with van der Waals surface area (Å²) in [6.45, 7) is 4.42. The van der Waals surface area contributed by atoms with E-state index in [0.717, 1.165) is 18.4 Å². The predicted molar refractivity (Wildman–Crippen MR) is 52.7 cm³/mol. The van der Waals surface area contributed by atoms with Crippen LogP contribution in [0.4, 0.5) is 0 Å². The molecular formula is C9H16BrNO. The average Bonchev–Trinajstić information content (AvgIpc) is 2.41. The first kappa shape index (κ1) is 8.97. The lowest BCUT2D eigenvalue weighted by atomic mass is 9.78. The number of fused-ring (bicyclic) bond motifs is 1. The topological polar surface area (TPSA) is 21.3 Å². The van der Waals surface area contributed by atoms with E-state index in [-0.39, 0.29) is 0 Å². The number of nitrogens with one attached hydrogen (secondary N) is 1. The molecule has 2 aliphatic rings. The fraction of sp³-hybridized carbons (Fsp3) is 1.00. The Bertz CT molecular complexity index is 176. The molecule has 0 aliphatic carbocycles. The van der Waals surface area contributed by atoms with Gasteiger partial charge >= 0.3 is 0 Å². The van der Waals surface area contributed by atoms with Gasteiger partial charge in [0.1, 0.15) is 0 Å². The zero-order valence-corrected chi connectivity index (χ0v) is 9.06. The van der Waals surface area contributed by atoms with Crippen LogP contribution in [0.3, 0.4) is 0 Å². The number of hydrogen-bond donors (Lipinski definition) is 1. The second-order valence-electron chi connectivity index (χ2n) is 4.10. The minimum atomic E-state index is 0.387. The second-order valence-corrected chi connectivity index (χ2v) is 4.66. The van der Waals surface area contributed by atoms with E-state index in [1.54, 1.807) is 0 Å². The van der Waals surface area contributed by atoms with Crippen LogP contribution >= 0.6 is 15.9 Å². The van der Waals surface area contributed by atoms with Crippen molar-refractivity contribution >= 4 is 15.9 Å². The average molecular weight is 234 g/mol. The minimum absolute atomic E-state index is 0.387. The van der Waals surface area contributed by atoms with E-state index in [1.807, 2.05) is 0 Å². The molecule has 3 atom stereocenters. The van der Waals surface area contributed by atoms with E-state index in [2.05, 4.69) is 28.2 Å². The van der Waals surface area contributed by atoms with Crippen molar-refractivity contribution in [3.05, 3.63) is 0 Å². The Hall–Kier alpha value is 0.400. The third-order valence-corrected chi connectivity index (χ3v) is 4.22. The number of hydrogen-bond acceptors (Lipinski definition) is 2. The lowest BCUT2D eigenvalue weighted by Gasteiger charge is -2.36. The molecule has 0 unspecified atom stereocenters. The largest absolute Gasteiger partial charge is 0.375 e. The van der Waals surface area contributed by atoms with Gasteiger partial charge in [-0.2, -0.15) is 0 Å². The quantitative estimate of drug-likeness (QED) is 0.695. The highest BCUT2D eigenvalue weighted by Crippen LogP contribution is 2.42. The molecule has 0 aromatic heterocycles. The zero-order valence-electron chi connectivity index (χ0n) is 7.48. The van der Waals surface area contributed by atoms with Crippen molar-refractivity contribution < 1.29 is 4.74 Å². The first-order valence-corrected chi connectivity index (χ1v) is 5.81. The Morgan fingerprint density at radius 1 is 1.67 bits per heavy atom. The van der Waals surface area contributed by atoms with Crippen molar-refractivity contribution in [3.8, 4) is 0 Å². The van der Waals surface area contributed by atoms with E-state index in [4.69, 9.17) is 4.74 Å². The maximum absolute atomic E-state index is 5.89. The molecule has 0 aromatic rings. The molecule has 0 amide bonds. The molecular weight excluding hydrogens is 218 g/mol. The highest BCUT2D eigenvalue weighted by Gasteiger charge is 2.47. The summed E-state index contributed by atoms with van der Waals surface area (Å²) in [7, 11) is 0. The molecule has 0 radical (unpaired) electrons. The van der Waals surface area contributed by atoms with E-state index in [0.29, 0.717) is 17.6 Å². The predicted octanol–water partition coefficient (Wildman–Crippen LogP) is 1.54. The molecule has 0 bridgehead atoms. The van der Waals surface area contributed by atoms with Crippen molar-refractivity contribution in [3.63, 3.8) is 0 Å². The summed E-state index contributed by atoms with van der Waals surface area (Å²) in [6.07, 6.45) is 3.33. The number of piperidine rings is 1. The molecule has 2 heterocycles. The Morgan fingerprint density at radius 3 is 3.17 bits per heavy atom. The van der Waals surface area contributed by atoms with Crippen LogP contribution in [0.25, 0.3) is 0 Å². The fourth-order valence-corrected chi connectivity index (χ4v) is 3.28.